The highest BCUT2D eigenvalue weighted by Crippen LogP contribution is 2.38. The summed E-state index contributed by atoms with van der Waals surface area (Å²) in [7, 11) is 0. The van der Waals surface area contributed by atoms with Crippen molar-refractivity contribution in [2.45, 2.75) is 50.2 Å². The van der Waals surface area contributed by atoms with Gasteiger partial charge in [0.05, 0.1) is 12.2 Å². The minimum Gasteiger partial charge on any atom is -0.488 e. The molecule has 1 aromatic rings. The van der Waals surface area contributed by atoms with Gasteiger partial charge in [-0.15, -0.1) is 0 Å². The van der Waals surface area contributed by atoms with Crippen LogP contribution in [-0.2, 0) is 4.74 Å². The molecule has 3 nitrogen and oxygen atoms in total. The molecular weight excluding hydrogens is 274 g/mol. The van der Waals surface area contributed by atoms with E-state index in [0.717, 1.165) is 24.7 Å². The summed E-state index contributed by atoms with van der Waals surface area (Å²) in [6.45, 7) is 4.47. The Labute approximate surface area is 133 Å². The lowest BCUT2D eigenvalue weighted by atomic mass is 9.83. The van der Waals surface area contributed by atoms with Gasteiger partial charge in [-0.05, 0) is 43.7 Å². The van der Waals surface area contributed by atoms with Crippen molar-refractivity contribution in [2.75, 3.05) is 26.2 Å². The molecule has 22 heavy (non-hydrogen) atoms. The number of ether oxygens (including phenoxy) is 2. The lowest BCUT2D eigenvalue weighted by Gasteiger charge is -2.41. The van der Waals surface area contributed by atoms with Gasteiger partial charge >= 0.3 is 0 Å². The summed E-state index contributed by atoms with van der Waals surface area (Å²) in [5, 5.41) is 0. The van der Waals surface area contributed by atoms with E-state index in [1.165, 1.54) is 51.7 Å². The molecule has 0 N–H and O–H groups in total. The first-order chi connectivity index (χ1) is 10.8. The summed E-state index contributed by atoms with van der Waals surface area (Å²) in [5.41, 5.74) is 0.0928. The molecule has 2 heterocycles. The van der Waals surface area contributed by atoms with Gasteiger partial charge in [-0.2, -0.15) is 0 Å². The second kappa shape index (κ2) is 6.21. The fourth-order valence-electron chi connectivity index (χ4n) is 4.10. The van der Waals surface area contributed by atoms with Gasteiger partial charge in [0.25, 0.3) is 0 Å². The third-order valence-electron chi connectivity index (χ3n) is 5.73. The Balaban J connectivity index is 1.27. The summed E-state index contributed by atoms with van der Waals surface area (Å²) in [4.78, 5) is 2.66. The first-order valence-corrected chi connectivity index (χ1v) is 8.89. The Morgan fingerprint density at radius 2 is 1.91 bits per heavy atom. The zero-order valence-corrected chi connectivity index (χ0v) is 13.4. The van der Waals surface area contributed by atoms with Crippen LogP contribution in [0.5, 0.6) is 5.75 Å². The highest BCUT2D eigenvalue weighted by molar-refractivity contribution is 5.21. The Morgan fingerprint density at radius 3 is 2.59 bits per heavy atom. The number of hydrogen-bond acceptors (Lipinski definition) is 3. The van der Waals surface area contributed by atoms with E-state index < -0.39 is 0 Å². The van der Waals surface area contributed by atoms with E-state index in [-0.39, 0.29) is 11.7 Å². The van der Waals surface area contributed by atoms with Gasteiger partial charge in [0, 0.05) is 26.1 Å². The molecule has 1 atom stereocenters. The topological polar surface area (TPSA) is 21.7 Å². The molecule has 3 fully saturated rings. The molecule has 0 radical (unpaired) electrons. The zero-order chi connectivity index (χ0) is 14.8. The highest BCUT2D eigenvalue weighted by atomic mass is 16.6. The van der Waals surface area contributed by atoms with E-state index in [0.29, 0.717) is 0 Å². The van der Waals surface area contributed by atoms with E-state index in [1.54, 1.807) is 0 Å². The second-order valence-electron chi connectivity index (χ2n) is 7.35. The smallest absolute Gasteiger partial charge is 0.125 e. The molecule has 1 aliphatic carbocycles. The molecule has 0 aromatic heterocycles. The van der Waals surface area contributed by atoms with E-state index in [9.17, 15) is 0 Å². The number of hydrogen-bond donors (Lipinski definition) is 0. The number of piperidine rings is 1. The van der Waals surface area contributed by atoms with Gasteiger partial charge in [-0.1, -0.05) is 24.6 Å². The zero-order valence-electron chi connectivity index (χ0n) is 13.4. The Morgan fingerprint density at radius 1 is 1.14 bits per heavy atom. The minimum atomic E-state index is 0.0928. The van der Waals surface area contributed by atoms with Crippen LogP contribution in [0, 0.1) is 5.92 Å². The summed E-state index contributed by atoms with van der Waals surface area (Å²) in [6.07, 6.45) is 7.97. The predicted octanol–water partition coefficient (Wildman–Crippen LogP) is 3.49. The largest absolute Gasteiger partial charge is 0.488 e. The van der Waals surface area contributed by atoms with Crippen molar-refractivity contribution in [2.24, 2.45) is 5.92 Å². The molecule has 1 spiro atoms. The third-order valence-corrected chi connectivity index (χ3v) is 5.73. The lowest BCUT2D eigenvalue weighted by Crippen LogP contribution is -2.46. The quantitative estimate of drug-likeness (QED) is 0.850. The number of para-hydroxylation sites is 1. The van der Waals surface area contributed by atoms with E-state index >= 15 is 0 Å². The van der Waals surface area contributed by atoms with Gasteiger partial charge in [-0.3, -0.25) is 0 Å². The van der Waals surface area contributed by atoms with Crippen molar-refractivity contribution in [1.82, 2.24) is 4.90 Å². The SMILES string of the molecule is c1ccc(O[C@H]2COC3(CCN(CC4CCC4)CC3)C2)cc1. The summed E-state index contributed by atoms with van der Waals surface area (Å²) < 4.78 is 12.3. The number of benzene rings is 1. The number of likely N-dealkylation sites (tertiary alicyclic amines) is 1. The molecule has 4 rings (SSSR count). The van der Waals surface area contributed by atoms with Crippen LogP contribution in [0.3, 0.4) is 0 Å². The fraction of sp³-hybridized carbons (Fsp3) is 0.684. The van der Waals surface area contributed by atoms with Crippen LogP contribution in [0.4, 0.5) is 0 Å². The average molecular weight is 301 g/mol. The van der Waals surface area contributed by atoms with Crippen LogP contribution in [-0.4, -0.2) is 42.8 Å². The van der Waals surface area contributed by atoms with Crippen LogP contribution in [0.1, 0.15) is 38.5 Å². The van der Waals surface area contributed by atoms with Crippen LogP contribution in [0.2, 0.25) is 0 Å². The molecule has 0 unspecified atom stereocenters. The Hall–Kier alpha value is -1.06. The maximum atomic E-state index is 6.21. The second-order valence-corrected chi connectivity index (χ2v) is 7.35. The fourth-order valence-corrected chi connectivity index (χ4v) is 4.10. The van der Waals surface area contributed by atoms with Gasteiger partial charge < -0.3 is 14.4 Å². The predicted molar refractivity (Wildman–Crippen MR) is 87.2 cm³/mol. The van der Waals surface area contributed by atoms with E-state index in [1.807, 2.05) is 30.3 Å². The van der Waals surface area contributed by atoms with Crippen LogP contribution in [0.25, 0.3) is 0 Å². The van der Waals surface area contributed by atoms with Crippen LogP contribution >= 0.6 is 0 Å². The first kappa shape index (κ1) is 14.5. The van der Waals surface area contributed by atoms with Gasteiger partial charge in [0.15, 0.2) is 0 Å². The first-order valence-electron chi connectivity index (χ1n) is 8.89. The number of nitrogens with zero attached hydrogens (tertiary/aromatic N) is 1. The maximum absolute atomic E-state index is 6.21. The van der Waals surface area contributed by atoms with Gasteiger partial charge in [-0.25, -0.2) is 0 Å². The highest BCUT2D eigenvalue weighted by Gasteiger charge is 2.43. The van der Waals surface area contributed by atoms with Crippen LogP contribution < -0.4 is 4.74 Å². The van der Waals surface area contributed by atoms with Crippen molar-refractivity contribution in [3.63, 3.8) is 0 Å². The van der Waals surface area contributed by atoms with Crippen LogP contribution in [0.15, 0.2) is 30.3 Å². The van der Waals surface area contributed by atoms with Crippen molar-refractivity contribution < 1.29 is 9.47 Å². The summed E-state index contributed by atoms with van der Waals surface area (Å²) in [6, 6.07) is 10.1. The molecule has 3 aliphatic rings. The molecule has 2 aliphatic heterocycles. The molecule has 120 valence electrons. The average Bonchev–Trinajstić information content (AvgIpc) is 2.89. The van der Waals surface area contributed by atoms with Gasteiger partial charge in [0.2, 0.25) is 0 Å². The third kappa shape index (κ3) is 3.16. The summed E-state index contributed by atoms with van der Waals surface area (Å²) in [5.74, 6) is 1.95. The molecule has 1 saturated carbocycles. The van der Waals surface area contributed by atoms with Gasteiger partial charge in [0.1, 0.15) is 11.9 Å². The maximum Gasteiger partial charge on any atom is 0.125 e. The normalized spacial score (nSPS) is 28.6. The molecule has 3 heteroatoms. The number of rotatable bonds is 4. The van der Waals surface area contributed by atoms with Crippen molar-refractivity contribution in [1.29, 1.82) is 0 Å². The van der Waals surface area contributed by atoms with Crippen molar-refractivity contribution in [3.05, 3.63) is 30.3 Å². The lowest BCUT2D eigenvalue weighted by molar-refractivity contribution is -0.0478. The van der Waals surface area contributed by atoms with E-state index in [4.69, 9.17) is 9.47 Å². The minimum absolute atomic E-state index is 0.0928. The standard InChI is InChI=1S/C19H27NO2/c1-2-7-17(8-3-1)22-18-13-19(21-15-18)9-11-20(12-10-19)14-16-5-4-6-16/h1-3,7-8,16,18H,4-6,9-15H2/t18-/m1/s1. The van der Waals surface area contributed by atoms with Crippen molar-refractivity contribution in [3.8, 4) is 5.75 Å². The molecule has 2 saturated heterocycles. The summed E-state index contributed by atoms with van der Waals surface area (Å²) >= 11 is 0. The van der Waals surface area contributed by atoms with E-state index in [2.05, 4.69) is 4.90 Å². The Kier molecular flexibility index (Phi) is 4.10. The monoisotopic (exact) mass is 301 g/mol. The molecule has 0 bridgehead atoms. The molecular formula is C19H27NO2. The van der Waals surface area contributed by atoms with Crippen molar-refractivity contribution >= 4 is 0 Å². The molecule has 1 aromatic carbocycles. The molecule has 0 amide bonds. The Bertz CT molecular complexity index is 477.